The van der Waals surface area contributed by atoms with Crippen molar-refractivity contribution in [2.24, 2.45) is 0 Å². The number of nitrogens with zero attached hydrogens (tertiary/aromatic N) is 2. The van der Waals surface area contributed by atoms with Gasteiger partial charge in [-0.25, -0.2) is 9.97 Å². The fraction of sp³-hybridized carbons (Fsp3) is 0.0909. The molecule has 0 unspecified atom stereocenters. The standard InChI is InChI=1S/C11H9FN2S/c1-8-3-2-4-9(5-8)15-11-6-10(12)13-7-14-11/h2-7H,1H3. The van der Waals surface area contributed by atoms with Gasteiger partial charge in [-0.1, -0.05) is 29.5 Å². The molecule has 0 aliphatic rings. The molecule has 4 heteroatoms. The van der Waals surface area contributed by atoms with Crippen LogP contribution in [0.4, 0.5) is 4.39 Å². The summed E-state index contributed by atoms with van der Waals surface area (Å²) in [5, 5.41) is 0.619. The van der Waals surface area contributed by atoms with Crippen molar-refractivity contribution in [3.05, 3.63) is 48.2 Å². The van der Waals surface area contributed by atoms with Crippen molar-refractivity contribution in [1.82, 2.24) is 9.97 Å². The Balaban J connectivity index is 2.22. The first-order valence-electron chi connectivity index (χ1n) is 4.46. The van der Waals surface area contributed by atoms with Crippen LogP contribution in [0, 0.1) is 12.9 Å². The first-order chi connectivity index (χ1) is 7.24. The third-order valence-electron chi connectivity index (χ3n) is 1.82. The average molecular weight is 220 g/mol. The molecule has 15 heavy (non-hydrogen) atoms. The topological polar surface area (TPSA) is 25.8 Å². The minimum atomic E-state index is -0.500. The predicted molar refractivity (Wildman–Crippen MR) is 57.3 cm³/mol. The van der Waals surface area contributed by atoms with Crippen LogP contribution in [0.2, 0.25) is 0 Å². The highest BCUT2D eigenvalue weighted by atomic mass is 32.2. The van der Waals surface area contributed by atoms with Crippen molar-refractivity contribution < 1.29 is 4.39 Å². The Kier molecular flexibility index (Phi) is 2.97. The molecule has 0 bridgehead atoms. The van der Waals surface area contributed by atoms with E-state index in [0.717, 1.165) is 4.90 Å². The molecule has 0 saturated carbocycles. The van der Waals surface area contributed by atoms with E-state index >= 15 is 0 Å². The summed E-state index contributed by atoms with van der Waals surface area (Å²) in [4.78, 5) is 8.43. The fourth-order valence-electron chi connectivity index (χ4n) is 1.17. The quantitative estimate of drug-likeness (QED) is 0.727. The number of benzene rings is 1. The van der Waals surface area contributed by atoms with Crippen LogP contribution in [-0.4, -0.2) is 9.97 Å². The van der Waals surface area contributed by atoms with E-state index in [4.69, 9.17) is 0 Å². The number of aryl methyl sites for hydroxylation is 1. The van der Waals surface area contributed by atoms with Crippen molar-refractivity contribution in [2.45, 2.75) is 16.8 Å². The Morgan fingerprint density at radius 3 is 2.80 bits per heavy atom. The second-order valence-corrected chi connectivity index (χ2v) is 4.19. The molecular formula is C11H9FN2S. The first-order valence-corrected chi connectivity index (χ1v) is 5.28. The second kappa shape index (κ2) is 4.40. The molecular weight excluding hydrogens is 211 g/mol. The van der Waals surface area contributed by atoms with E-state index in [9.17, 15) is 4.39 Å². The summed E-state index contributed by atoms with van der Waals surface area (Å²) >= 11 is 1.42. The third kappa shape index (κ3) is 2.76. The van der Waals surface area contributed by atoms with Gasteiger partial charge in [-0.05, 0) is 19.1 Å². The van der Waals surface area contributed by atoms with Crippen molar-refractivity contribution in [1.29, 1.82) is 0 Å². The van der Waals surface area contributed by atoms with E-state index < -0.39 is 5.95 Å². The van der Waals surface area contributed by atoms with Crippen LogP contribution in [0.25, 0.3) is 0 Å². The molecule has 1 aromatic heterocycles. The molecule has 2 nitrogen and oxygen atoms in total. The van der Waals surface area contributed by atoms with E-state index in [1.807, 2.05) is 31.2 Å². The highest BCUT2D eigenvalue weighted by Gasteiger charge is 2.00. The van der Waals surface area contributed by atoms with Crippen molar-refractivity contribution in [2.75, 3.05) is 0 Å². The zero-order valence-electron chi connectivity index (χ0n) is 8.14. The van der Waals surface area contributed by atoms with Crippen molar-refractivity contribution in [3.8, 4) is 0 Å². The van der Waals surface area contributed by atoms with Crippen LogP contribution in [0.5, 0.6) is 0 Å². The molecule has 0 spiro atoms. The Bertz CT molecular complexity index is 430. The summed E-state index contributed by atoms with van der Waals surface area (Å²) in [6.07, 6.45) is 1.23. The monoisotopic (exact) mass is 220 g/mol. The SMILES string of the molecule is Cc1cccc(Sc2cc(F)ncn2)c1. The van der Waals surface area contributed by atoms with E-state index in [-0.39, 0.29) is 0 Å². The molecule has 2 aromatic rings. The van der Waals surface area contributed by atoms with Gasteiger partial charge < -0.3 is 0 Å². The Hall–Kier alpha value is -1.42. The zero-order valence-corrected chi connectivity index (χ0v) is 8.96. The lowest BCUT2D eigenvalue weighted by Crippen LogP contribution is -1.86. The third-order valence-corrected chi connectivity index (χ3v) is 2.74. The van der Waals surface area contributed by atoms with Crippen LogP contribution in [-0.2, 0) is 0 Å². The summed E-state index contributed by atoms with van der Waals surface area (Å²) in [6, 6.07) is 9.31. The van der Waals surface area contributed by atoms with Gasteiger partial charge in [0.25, 0.3) is 0 Å². The summed E-state index contributed by atoms with van der Waals surface area (Å²) < 4.78 is 12.8. The van der Waals surface area contributed by atoms with Crippen LogP contribution in [0.15, 0.2) is 46.6 Å². The molecule has 1 aromatic carbocycles. The molecule has 2 rings (SSSR count). The van der Waals surface area contributed by atoms with Gasteiger partial charge in [0.05, 0.1) is 0 Å². The lowest BCUT2D eigenvalue weighted by Gasteiger charge is -2.01. The molecule has 1 heterocycles. The Morgan fingerprint density at radius 2 is 2.07 bits per heavy atom. The maximum Gasteiger partial charge on any atom is 0.217 e. The van der Waals surface area contributed by atoms with Crippen molar-refractivity contribution >= 4 is 11.8 Å². The van der Waals surface area contributed by atoms with Gasteiger partial charge in [0.2, 0.25) is 5.95 Å². The van der Waals surface area contributed by atoms with Gasteiger partial charge in [-0.15, -0.1) is 0 Å². The van der Waals surface area contributed by atoms with E-state index in [1.165, 1.54) is 29.7 Å². The summed E-state index contributed by atoms with van der Waals surface area (Å²) in [5.74, 6) is -0.500. The lowest BCUT2D eigenvalue weighted by atomic mass is 10.2. The van der Waals surface area contributed by atoms with Gasteiger partial charge in [-0.3, -0.25) is 0 Å². The molecule has 0 aliphatic carbocycles. The summed E-state index contributed by atoms with van der Waals surface area (Å²) in [5.41, 5.74) is 1.18. The Labute approximate surface area is 91.6 Å². The summed E-state index contributed by atoms with van der Waals surface area (Å²) in [7, 11) is 0. The van der Waals surface area contributed by atoms with Crippen LogP contribution < -0.4 is 0 Å². The van der Waals surface area contributed by atoms with Gasteiger partial charge in [0.15, 0.2) is 0 Å². The highest BCUT2D eigenvalue weighted by molar-refractivity contribution is 7.99. The molecule has 0 atom stereocenters. The average Bonchev–Trinajstić information content (AvgIpc) is 2.17. The van der Waals surface area contributed by atoms with E-state index in [2.05, 4.69) is 9.97 Å². The smallest absolute Gasteiger partial charge is 0.217 e. The number of aromatic nitrogens is 2. The zero-order chi connectivity index (χ0) is 10.7. The van der Waals surface area contributed by atoms with Gasteiger partial charge in [0.1, 0.15) is 11.4 Å². The van der Waals surface area contributed by atoms with E-state index in [1.54, 1.807) is 0 Å². The maximum atomic E-state index is 12.8. The molecule has 0 aliphatic heterocycles. The van der Waals surface area contributed by atoms with Gasteiger partial charge >= 0.3 is 0 Å². The van der Waals surface area contributed by atoms with E-state index in [0.29, 0.717) is 5.03 Å². The molecule has 0 fully saturated rings. The molecule has 0 amide bonds. The highest BCUT2D eigenvalue weighted by Crippen LogP contribution is 2.26. The molecule has 0 saturated heterocycles. The number of halogens is 1. The number of hydrogen-bond donors (Lipinski definition) is 0. The molecule has 0 N–H and O–H groups in total. The normalized spacial score (nSPS) is 10.3. The number of hydrogen-bond acceptors (Lipinski definition) is 3. The van der Waals surface area contributed by atoms with Crippen LogP contribution in [0.1, 0.15) is 5.56 Å². The molecule has 76 valence electrons. The minimum absolute atomic E-state index is 0.500. The van der Waals surface area contributed by atoms with Gasteiger partial charge in [0, 0.05) is 11.0 Å². The minimum Gasteiger partial charge on any atom is -0.229 e. The van der Waals surface area contributed by atoms with Crippen LogP contribution in [0.3, 0.4) is 0 Å². The van der Waals surface area contributed by atoms with Gasteiger partial charge in [-0.2, -0.15) is 4.39 Å². The largest absolute Gasteiger partial charge is 0.229 e. The predicted octanol–water partition coefficient (Wildman–Crippen LogP) is 3.08. The fourth-order valence-corrected chi connectivity index (χ4v) is 2.06. The van der Waals surface area contributed by atoms with Crippen molar-refractivity contribution in [3.63, 3.8) is 0 Å². The van der Waals surface area contributed by atoms with Crippen LogP contribution >= 0.6 is 11.8 Å². The maximum absolute atomic E-state index is 12.8. The first kappa shape index (κ1) is 10.1. The lowest BCUT2D eigenvalue weighted by molar-refractivity contribution is 0.572. The molecule has 0 radical (unpaired) electrons. The second-order valence-electron chi connectivity index (χ2n) is 3.10. The summed E-state index contributed by atoms with van der Waals surface area (Å²) in [6.45, 7) is 2.02. The Morgan fingerprint density at radius 1 is 1.20 bits per heavy atom. The number of rotatable bonds is 2.